The highest BCUT2D eigenvalue weighted by atomic mass is 16.5. The summed E-state index contributed by atoms with van der Waals surface area (Å²) in [5.41, 5.74) is 1.06. The molecule has 6 nitrogen and oxygen atoms in total. The first kappa shape index (κ1) is 32.2. The Balaban J connectivity index is 1.42. The molecule has 0 saturated heterocycles. The molecule has 8 unspecified atom stereocenters. The maximum atomic E-state index is 13.5. The van der Waals surface area contributed by atoms with Crippen molar-refractivity contribution < 1.29 is 29.0 Å². The molecule has 0 heterocycles. The van der Waals surface area contributed by atoms with E-state index in [0.29, 0.717) is 30.1 Å². The van der Waals surface area contributed by atoms with Crippen LogP contribution in [0, 0.1) is 56.7 Å². The Morgan fingerprint density at radius 2 is 1.65 bits per heavy atom. The molecule has 0 aliphatic heterocycles. The minimum Gasteiger partial charge on any atom is -0.481 e. The molecule has 5 aliphatic carbocycles. The topological polar surface area (TPSA) is 97.7 Å². The van der Waals surface area contributed by atoms with Crippen molar-refractivity contribution in [3.63, 3.8) is 0 Å². The van der Waals surface area contributed by atoms with Crippen LogP contribution in [0.3, 0.4) is 0 Å². The lowest BCUT2D eigenvalue weighted by Gasteiger charge is -2.68. The Morgan fingerprint density at radius 1 is 0.977 bits per heavy atom. The van der Waals surface area contributed by atoms with Gasteiger partial charge in [0.05, 0.1) is 11.8 Å². The largest absolute Gasteiger partial charge is 0.481 e. The lowest BCUT2D eigenvalue weighted by Crippen LogP contribution is -2.63. The van der Waals surface area contributed by atoms with E-state index in [-0.39, 0.29) is 45.9 Å². The van der Waals surface area contributed by atoms with E-state index in [1.54, 1.807) is 19.9 Å². The van der Waals surface area contributed by atoms with Gasteiger partial charge < -0.3 is 9.84 Å². The van der Waals surface area contributed by atoms with Crippen molar-refractivity contribution in [3.05, 3.63) is 23.3 Å². The number of carbonyl (C=O) groups is 4. The van der Waals surface area contributed by atoms with Crippen LogP contribution in [0.4, 0.5) is 0 Å². The Labute approximate surface area is 258 Å². The second-order valence-corrected chi connectivity index (χ2v) is 16.9. The number of aldehydes is 1. The first-order chi connectivity index (χ1) is 19.9. The van der Waals surface area contributed by atoms with Crippen molar-refractivity contribution in [2.45, 2.75) is 126 Å². The van der Waals surface area contributed by atoms with Gasteiger partial charge in [-0.1, -0.05) is 47.6 Å². The van der Waals surface area contributed by atoms with Gasteiger partial charge in [0, 0.05) is 17.3 Å². The van der Waals surface area contributed by atoms with Crippen molar-refractivity contribution >= 4 is 24.0 Å². The Morgan fingerprint density at radius 3 is 2.28 bits per heavy atom. The van der Waals surface area contributed by atoms with Crippen LogP contribution >= 0.6 is 0 Å². The first-order valence-electron chi connectivity index (χ1n) is 16.8. The molecule has 0 aromatic heterocycles. The SMILES string of the molecule is CC(C)C1=C2C3CCC4C(C)(CCC5C(C)(C)C(OC(=O)CC(C)(C)C(=O)O)CCC54C)C3CCC2(/C=C/C=O)CC1=O. The van der Waals surface area contributed by atoms with Crippen LogP contribution in [0.1, 0.15) is 120 Å². The number of hydrogen-bond acceptors (Lipinski definition) is 5. The van der Waals surface area contributed by atoms with E-state index in [0.717, 1.165) is 63.2 Å². The van der Waals surface area contributed by atoms with Crippen molar-refractivity contribution in [2.75, 3.05) is 0 Å². The number of allylic oxidation sites excluding steroid dienone is 4. The number of carbonyl (C=O) groups excluding carboxylic acids is 3. The lowest BCUT2D eigenvalue weighted by atomic mass is 9.36. The number of Topliss-reactive ketones (excluding diaryl/α,β-unsaturated/α-hetero) is 1. The summed E-state index contributed by atoms with van der Waals surface area (Å²) in [6.07, 6.45) is 13.0. The van der Waals surface area contributed by atoms with Gasteiger partial charge in [-0.15, -0.1) is 0 Å². The molecule has 0 amide bonds. The van der Waals surface area contributed by atoms with Gasteiger partial charge in [-0.2, -0.15) is 0 Å². The fourth-order valence-electron chi connectivity index (χ4n) is 11.6. The van der Waals surface area contributed by atoms with Gasteiger partial charge in [-0.3, -0.25) is 19.2 Å². The maximum absolute atomic E-state index is 13.5. The normalized spacial score (nSPS) is 40.5. The molecule has 0 radical (unpaired) electrons. The quantitative estimate of drug-likeness (QED) is 0.184. The lowest BCUT2D eigenvalue weighted by molar-refractivity contribution is -0.213. The van der Waals surface area contributed by atoms with E-state index in [9.17, 15) is 24.3 Å². The highest BCUT2D eigenvalue weighted by Crippen LogP contribution is 2.73. The number of carboxylic acids is 1. The molecular weight excluding hydrogens is 540 g/mol. The van der Waals surface area contributed by atoms with Gasteiger partial charge in [0.15, 0.2) is 5.78 Å². The number of aliphatic carboxylic acids is 1. The molecular formula is C37H54O6. The van der Waals surface area contributed by atoms with Crippen molar-refractivity contribution in [1.29, 1.82) is 0 Å². The number of rotatable bonds is 7. The highest BCUT2D eigenvalue weighted by Gasteiger charge is 2.66. The number of ether oxygens (including phenoxy) is 1. The third-order valence-electron chi connectivity index (χ3n) is 13.5. The molecule has 0 spiro atoms. The number of esters is 1. The van der Waals surface area contributed by atoms with Crippen LogP contribution < -0.4 is 0 Å². The average molecular weight is 595 g/mol. The third kappa shape index (κ3) is 4.88. The number of ketones is 1. The minimum absolute atomic E-state index is 0.122. The predicted molar refractivity (Wildman–Crippen MR) is 166 cm³/mol. The predicted octanol–water partition coefficient (Wildman–Crippen LogP) is 7.74. The van der Waals surface area contributed by atoms with Crippen LogP contribution in [0.2, 0.25) is 0 Å². The number of carboxylic acid groups (broad SMARTS) is 1. The summed E-state index contributed by atoms with van der Waals surface area (Å²) < 4.78 is 6.10. The molecule has 238 valence electrons. The maximum Gasteiger partial charge on any atom is 0.309 e. The zero-order chi connectivity index (χ0) is 31.8. The first-order valence-corrected chi connectivity index (χ1v) is 16.8. The van der Waals surface area contributed by atoms with Crippen LogP contribution in [-0.2, 0) is 23.9 Å². The number of hydrogen-bond donors (Lipinski definition) is 1. The Bertz CT molecular complexity index is 1250. The summed E-state index contributed by atoms with van der Waals surface area (Å²) in [6.45, 7) is 17.0. The van der Waals surface area contributed by atoms with Gasteiger partial charge in [-0.05, 0) is 123 Å². The monoisotopic (exact) mass is 594 g/mol. The molecule has 4 saturated carbocycles. The van der Waals surface area contributed by atoms with Gasteiger partial charge in [-0.25, -0.2) is 0 Å². The van der Waals surface area contributed by atoms with E-state index in [2.05, 4.69) is 47.6 Å². The van der Waals surface area contributed by atoms with Crippen LogP contribution in [0.25, 0.3) is 0 Å². The fourth-order valence-corrected chi connectivity index (χ4v) is 11.6. The second kappa shape index (κ2) is 10.7. The molecule has 43 heavy (non-hydrogen) atoms. The van der Waals surface area contributed by atoms with Gasteiger partial charge in [0.25, 0.3) is 0 Å². The smallest absolute Gasteiger partial charge is 0.309 e. The summed E-state index contributed by atoms with van der Waals surface area (Å²) in [6, 6.07) is 0. The molecule has 8 atom stereocenters. The zero-order valence-electron chi connectivity index (χ0n) is 27.8. The molecule has 0 bridgehead atoms. The van der Waals surface area contributed by atoms with Crippen molar-refractivity contribution in [3.8, 4) is 0 Å². The summed E-state index contributed by atoms with van der Waals surface area (Å²) in [5.74, 6) is 0.943. The average Bonchev–Trinajstić information content (AvgIpc) is 3.21. The van der Waals surface area contributed by atoms with E-state index in [1.807, 2.05) is 0 Å². The Hall–Kier alpha value is -2.24. The van der Waals surface area contributed by atoms with Crippen LogP contribution in [0.15, 0.2) is 23.3 Å². The summed E-state index contributed by atoms with van der Waals surface area (Å²) >= 11 is 0. The zero-order valence-corrected chi connectivity index (χ0v) is 27.8. The van der Waals surface area contributed by atoms with E-state index < -0.39 is 17.4 Å². The third-order valence-corrected chi connectivity index (χ3v) is 13.5. The van der Waals surface area contributed by atoms with Crippen molar-refractivity contribution in [2.24, 2.45) is 56.7 Å². The highest BCUT2D eigenvalue weighted by molar-refractivity contribution is 6.01. The molecule has 1 N–H and O–H groups in total. The van der Waals surface area contributed by atoms with E-state index in [1.165, 1.54) is 5.57 Å². The molecule has 0 aromatic rings. The number of fused-ring (bicyclic) bond motifs is 7. The van der Waals surface area contributed by atoms with Crippen molar-refractivity contribution in [1.82, 2.24) is 0 Å². The molecule has 5 aliphatic rings. The molecule has 5 rings (SSSR count). The molecule has 6 heteroatoms. The van der Waals surface area contributed by atoms with Crippen LogP contribution in [-0.4, -0.2) is 35.2 Å². The van der Waals surface area contributed by atoms with Gasteiger partial charge in [0.1, 0.15) is 12.4 Å². The fraction of sp³-hybridized carbons (Fsp3) is 0.784. The van der Waals surface area contributed by atoms with Gasteiger partial charge in [0.2, 0.25) is 0 Å². The summed E-state index contributed by atoms with van der Waals surface area (Å²) in [5, 5.41) is 9.52. The standard InChI is InChI=1S/C37H54O6/c1-22(2)30-25(39)20-37(15-9-19-38)18-12-24-23(31(30)37)10-11-27-35(24,7)16-13-26-34(5,6)28(14-17-36(26,27)8)43-29(40)21-33(3,4)32(41)42/h9,15,19,22-24,26-28H,10-14,16-18,20-21H2,1-8H3,(H,41,42)/b15-9+. The molecule has 4 fully saturated rings. The van der Waals surface area contributed by atoms with E-state index >= 15 is 0 Å². The second-order valence-electron chi connectivity index (χ2n) is 16.9. The summed E-state index contributed by atoms with van der Waals surface area (Å²) in [7, 11) is 0. The van der Waals surface area contributed by atoms with Crippen LogP contribution in [0.5, 0.6) is 0 Å². The Kier molecular flexibility index (Phi) is 7.99. The van der Waals surface area contributed by atoms with Gasteiger partial charge >= 0.3 is 11.9 Å². The summed E-state index contributed by atoms with van der Waals surface area (Å²) in [4.78, 5) is 49.4. The molecule has 0 aromatic carbocycles. The van der Waals surface area contributed by atoms with E-state index in [4.69, 9.17) is 4.74 Å². The minimum atomic E-state index is -1.15.